The van der Waals surface area contributed by atoms with Crippen molar-refractivity contribution in [2.24, 2.45) is 0 Å². The van der Waals surface area contributed by atoms with Crippen LogP contribution >= 0.6 is 24.8 Å². The Morgan fingerprint density at radius 1 is 1.12 bits per heavy atom. The van der Waals surface area contributed by atoms with Gasteiger partial charge in [-0.25, -0.2) is 4.98 Å². The number of hydrogen-bond donors (Lipinski definition) is 3. The number of anilines is 1. The summed E-state index contributed by atoms with van der Waals surface area (Å²) in [7, 11) is 2.17. The van der Waals surface area contributed by atoms with E-state index in [0.717, 1.165) is 43.4 Å². The molecule has 1 amide bonds. The third kappa shape index (κ3) is 5.09. The van der Waals surface area contributed by atoms with Crippen molar-refractivity contribution in [1.82, 2.24) is 20.2 Å². The lowest BCUT2D eigenvalue weighted by molar-refractivity contribution is 0.102. The number of nitrogens with zero attached hydrogens (tertiary/aromatic N) is 2. The molecule has 2 aliphatic rings. The molecule has 2 saturated heterocycles. The zero-order valence-corrected chi connectivity index (χ0v) is 19.9. The van der Waals surface area contributed by atoms with E-state index in [2.05, 4.69) is 44.7 Å². The summed E-state index contributed by atoms with van der Waals surface area (Å²) in [6.45, 7) is 3.22. The lowest BCUT2D eigenvalue weighted by Crippen LogP contribution is -2.26. The van der Waals surface area contributed by atoms with Crippen LogP contribution in [0.2, 0.25) is 0 Å². The van der Waals surface area contributed by atoms with Crippen molar-refractivity contribution in [3.63, 3.8) is 0 Å². The monoisotopic (exact) mass is 475 g/mol. The van der Waals surface area contributed by atoms with Gasteiger partial charge in [0, 0.05) is 34.9 Å². The van der Waals surface area contributed by atoms with Gasteiger partial charge in [-0.2, -0.15) is 0 Å². The number of amides is 1. The average Bonchev–Trinajstić information content (AvgIpc) is 3.39. The number of aromatic nitrogens is 2. The number of piperidine rings is 1. The van der Waals surface area contributed by atoms with Gasteiger partial charge >= 0.3 is 0 Å². The Balaban J connectivity index is 0.00000144. The van der Waals surface area contributed by atoms with Gasteiger partial charge in [0.2, 0.25) is 0 Å². The number of H-pyrrole nitrogens is 1. The number of carbonyl (C=O) groups is 1. The highest BCUT2D eigenvalue weighted by Gasteiger charge is 2.24. The van der Waals surface area contributed by atoms with E-state index in [1.165, 1.54) is 24.1 Å². The van der Waals surface area contributed by atoms with Crippen LogP contribution in [0.15, 0.2) is 42.6 Å². The summed E-state index contributed by atoms with van der Waals surface area (Å²) in [5, 5.41) is 7.45. The molecule has 1 atom stereocenters. The van der Waals surface area contributed by atoms with Gasteiger partial charge in [-0.15, -0.1) is 24.8 Å². The maximum Gasteiger partial charge on any atom is 0.256 e. The molecule has 0 unspecified atom stereocenters. The Kier molecular flexibility index (Phi) is 8.17. The molecule has 6 nitrogen and oxygen atoms in total. The molecular weight excluding hydrogens is 445 g/mol. The molecular formula is C24H31Cl2N5O. The molecule has 1 aromatic carbocycles. The molecule has 3 N–H and O–H groups in total. The Morgan fingerprint density at radius 2 is 1.94 bits per heavy atom. The van der Waals surface area contributed by atoms with Crippen molar-refractivity contribution in [3.8, 4) is 0 Å². The van der Waals surface area contributed by atoms with Crippen LogP contribution in [0.5, 0.6) is 0 Å². The number of aromatic amines is 1. The van der Waals surface area contributed by atoms with E-state index in [1.807, 2.05) is 30.5 Å². The van der Waals surface area contributed by atoms with Crippen LogP contribution in [0.25, 0.3) is 10.9 Å². The van der Waals surface area contributed by atoms with Gasteiger partial charge in [0.1, 0.15) is 5.82 Å². The Bertz CT molecular complexity index is 1060. The first kappa shape index (κ1) is 24.5. The molecule has 3 aromatic rings. The molecule has 0 saturated carbocycles. The minimum absolute atomic E-state index is 0. The van der Waals surface area contributed by atoms with E-state index < -0.39 is 0 Å². The van der Waals surface area contributed by atoms with Crippen molar-refractivity contribution in [3.05, 3.63) is 59.4 Å². The Labute approximate surface area is 201 Å². The number of fused-ring (bicyclic) bond motifs is 1. The van der Waals surface area contributed by atoms with Crippen LogP contribution in [0.3, 0.4) is 0 Å². The first-order chi connectivity index (χ1) is 14.7. The molecule has 0 bridgehead atoms. The van der Waals surface area contributed by atoms with Crippen molar-refractivity contribution in [2.75, 3.05) is 32.0 Å². The van der Waals surface area contributed by atoms with Crippen molar-refractivity contribution < 1.29 is 4.79 Å². The summed E-state index contributed by atoms with van der Waals surface area (Å²) in [4.78, 5) is 23.3. The van der Waals surface area contributed by atoms with E-state index in [9.17, 15) is 4.79 Å². The smallest absolute Gasteiger partial charge is 0.256 e. The molecule has 8 heteroatoms. The largest absolute Gasteiger partial charge is 0.357 e. The molecule has 172 valence electrons. The van der Waals surface area contributed by atoms with Gasteiger partial charge in [-0.05, 0) is 82.0 Å². The zero-order valence-electron chi connectivity index (χ0n) is 18.3. The molecule has 2 aliphatic heterocycles. The average molecular weight is 476 g/mol. The predicted molar refractivity (Wildman–Crippen MR) is 134 cm³/mol. The van der Waals surface area contributed by atoms with Gasteiger partial charge in [0.05, 0.1) is 5.52 Å². The fraction of sp³-hybridized carbons (Fsp3) is 0.417. The highest BCUT2D eigenvalue weighted by atomic mass is 35.5. The number of benzene rings is 1. The van der Waals surface area contributed by atoms with E-state index in [0.29, 0.717) is 23.3 Å². The summed E-state index contributed by atoms with van der Waals surface area (Å²) in [5.41, 5.74) is 4.18. The number of carbonyl (C=O) groups excluding carboxylic acids is 1. The third-order valence-corrected chi connectivity index (χ3v) is 6.61. The number of rotatable bonds is 4. The highest BCUT2D eigenvalue weighted by Crippen LogP contribution is 2.32. The summed E-state index contributed by atoms with van der Waals surface area (Å²) in [6.07, 6.45) is 6.48. The lowest BCUT2D eigenvalue weighted by atomic mass is 9.89. The molecule has 0 spiro atoms. The minimum atomic E-state index is -0.111. The molecule has 2 aromatic heterocycles. The fourth-order valence-corrected chi connectivity index (χ4v) is 4.88. The first-order valence-corrected chi connectivity index (χ1v) is 11.0. The van der Waals surface area contributed by atoms with Crippen molar-refractivity contribution in [1.29, 1.82) is 0 Å². The van der Waals surface area contributed by atoms with Crippen LogP contribution in [-0.4, -0.2) is 47.5 Å². The second-order valence-electron chi connectivity index (χ2n) is 8.62. The lowest BCUT2D eigenvalue weighted by Gasteiger charge is -2.23. The van der Waals surface area contributed by atoms with Crippen LogP contribution in [0, 0.1) is 0 Å². The van der Waals surface area contributed by atoms with Crippen molar-refractivity contribution in [2.45, 2.75) is 37.6 Å². The number of likely N-dealkylation sites (tertiary alicyclic amines) is 1. The predicted octanol–water partition coefficient (Wildman–Crippen LogP) is 4.89. The molecule has 0 radical (unpaired) electrons. The van der Waals surface area contributed by atoms with Crippen LogP contribution < -0.4 is 10.6 Å². The molecule has 5 rings (SSSR count). The number of hydrogen-bond acceptors (Lipinski definition) is 4. The summed E-state index contributed by atoms with van der Waals surface area (Å²) >= 11 is 0. The maximum atomic E-state index is 12.9. The SMILES string of the molecule is CN1CCC[C@@H]1c1cc2cnc(NC(=O)c3cccc(C4CCNCC4)c3)cc2[nH]1.Cl.Cl. The van der Waals surface area contributed by atoms with E-state index in [4.69, 9.17) is 0 Å². The number of halogens is 2. The van der Waals surface area contributed by atoms with Gasteiger partial charge in [0.15, 0.2) is 0 Å². The summed E-state index contributed by atoms with van der Waals surface area (Å²) < 4.78 is 0. The molecule has 0 aliphatic carbocycles. The normalized spacial score (nSPS) is 19.3. The second kappa shape index (κ2) is 10.7. The van der Waals surface area contributed by atoms with E-state index >= 15 is 0 Å². The molecule has 4 heterocycles. The minimum Gasteiger partial charge on any atom is -0.357 e. The highest BCUT2D eigenvalue weighted by molar-refractivity contribution is 6.04. The third-order valence-electron chi connectivity index (χ3n) is 6.61. The second-order valence-corrected chi connectivity index (χ2v) is 8.62. The van der Waals surface area contributed by atoms with Gasteiger partial charge < -0.3 is 15.6 Å². The van der Waals surface area contributed by atoms with E-state index in [-0.39, 0.29) is 30.7 Å². The van der Waals surface area contributed by atoms with Crippen molar-refractivity contribution >= 4 is 47.4 Å². The van der Waals surface area contributed by atoms with Crippen LogP contribution in [-0.2, 0) is 0 Å². The molecule has 32 heavy (non-hydrogen) atoms. The quantitative estimate of drug-likeness (QED) is 0.501. The van der Waals surface area contributed by atoms with Gasteiger partial charge in [0.25, 0.3) is 5.91 Å². The number of nitrogens with one attached hydrogen (secondary N) is 3. The summed E-state index contributed by atoms with van der Waals surface area (Å²) in [5.74, 6) is 0.993. The van der Waals surface area contributed by atoms with Gasteiger partial charge in [-0.3, -0.25) is 9.69 Å². The summed E-state index contributed by atoms with van der Waals surface area (Å²) in [6, 6.07) is 12.6. The van der Waals surface area contributed by atoms with Crippen LogP contribution in [0.1, 0.15) is 59.3 Å². The van der Waals surface area contributed by atoms with Gasteiger partial charge in [-0.1, -0.05) is 12.1 Å². The molecule has 2 fully saturated rings. The number of pyridine rings is 1. The van der Waals surface area contributed by atoms with Crippen LogP contribution in [0.4, 0.5) is 5.82 Å². The fourth-order valence-electron chi connectivity index (χ4n) is 4.88. The standard InChI is InChI=1S/C24H29N5O.2ClH/c1-29-11-3-6-22(29)21-13-19-15-26-23(14-20(19)27-21)28-24(30)18-5-2-4-17(12-18)16-7-9-25-10-8-16;;/h2,4-5,12-16,22,25,27H,3,6-11H2,1H3,(H,26,28,30);2*1H/t22-;;/m1../s1. The first-order valence-electron chi connectivity index (χ1n) is 11.0. The van der Waals surface area contributed by atoms with E-state index in [1.54, 1.807) is 0 Å². The Hall–Kier alpha value is -2.12. The maximum absolute atomic E-state index is 12.9. The zero-order chi connectivity index (χ0) is 20.5. The Morgan fingerprint density at radius 3 is 2.69 bits per heavy atom. The topological polar surface area (TPSA) is 73.1 Å².